The molecule has 0 aliphatic heterocycles. The molecule has 68 valence electrons. The second-order valence-electron chi connectivity index (χ2n) is 3.95. The van der Waals surface area contributed by atoms with Crippen LogP contribution in [0, 0.1) is 6.92 Å². The van der Waals surface area contributed by atoms with Crippen LogP contribution in [0.3, 0.4) is 0 Å². The van der Waals surface area contributed by atoms with Crippen LogP contribution in [0.5, 0.6) is 0 Å². The number of thiophene rings is 1. The molecule has 0 aliphatic carbocycles. The van der Waals surface area contributed by atoms with Crippen LogP contribution in [0.2, 0.25) is 0 Å². The molecule has 12 heavy (non-hydrogen) atoms. The van der Waals surface area contributed by atoms with Crippen molar-refractivity contribution < 1.29 is 0 Å². The van der Waals surface area contributed by atoms with Gasteiger partial charge in [0.2, 0.25) is 0 Å². The van der Waals surface area contributed by atoms with E-state index < -0.39 is 0 Å². The van der Waals surface area contributed by atoms with E-state index >= 15 is 0 Å². The molecule has 2 N–H and O–H groups in total. The summed E-state index contributed by atoms with van der Waals surface area (Å²) in [5, 5.41) is 5.50. The van der Waals surface area contributed by atoms with E-state index in [4.69, 9.17) is 5.14 Å². The Morgan fingerprint density at radius 2 is 2.00 bits per heavy atom. The van der Waals surface area contributed by atoms with E-state index in [9.17, 15) is 0 Å². The second-order valence-corrected chi connectivity index (χ2v) is 5.93. The molecule has 0 aliphatic rings. The Kier molecular flexibility index (Phi) is 2.86. The van der Waals surface area contributed by atoms with E-state index in [1.165, 1.54) is 26.6 Å². The highest BCUT2D eigenvalue weighted by atomic mass is 32.2. The van der Waals surface area contributed by atoms with E-state index in [1.54, 1.807) is 11.3 Å². The van der Waals surface area contributed by atoms with Gasteiger partial charge in [-0.3, -0.25) is 5.14 Å². The van der Waals surface area contributed by atoms with Gasteiger partial charge in [-0.05, 0) is 35.9 Å². The molecular formula is C9H15NS2. The molecule has 0 saturated carbocycles. The van der Waals surface area contributed by atoms with Gasteiger partial charge in [-0.1, -0.05) is 20.8 Å². The zero-order chi connectivity index (χ0) is 9.35. The van der Waals surface area contributed by atoms with Gasteiger partial charge in [0.05, 0.1) is 4.21 Å². The van der Waals surface area contributed by atoms with Crippen LogP contribution < -0.4 is 5.14 Å². The molecule has 0 fully saturated rings. The average molecular weight is 201 g/mol. The molecule has 0 bridgehead atoms. The molecule has 3 heteroatoms. The Hall–Kier alpha value is 0.01000. The number of hydrogen-bond acceptors (Lipinski definition) is 3. The van der Waals surface area contributed by atoms with Gasteiger partial charge in [0.1, 0.15) is 0 Å². The third kappa shape index (κ3) is 2.03. The lowest BCUT2D eigenvalue weighted by atomic mass is 9.92. The molecule has 1 nitrogen and oxygen atoms in total. The zero-order valence-electron chi connectivity index (χ0n) is 7.97. The number of nitrogens with two attached hydrogens (primary N) is 1. The quantitative estimate of drug-likeness (QED) is 0.705. The van der Waals surface area contributed by atoms with Gasteiger partial charge in [0.25, 0.3) is 0 Å². The predicted octanol–water partition coefficient (Wildman–Crippen LogP) is 3.32. The number of aryl methyl sites for hydroxylation is 1. The molecule has 1 aromatic rings. The summed E-state index contributed by atoms with van der Waals surface area (Å²) in [6.45, 7) is 8.85. The minimum atomic E-state index is 0.253. The minimum Gasteiger partial charge on any atom is -0.273 e. The van der Waals surface area contributed by atoms with Crippen LogP contribution in [0.25, 0.3) is 0 Å². The van der Waals surface area contributed by atoms with Gasteiger partial charge in [-0.15, -0.1) is 11.3 Å². The summed E-state index contributed by atoms with van der Waals surface area (Å²) in [6.07, 6.45) is 0. The lowest BCUT2D eigenvalue weighted by Gasteiger charge is -2.17. The van der Waals surface area contributed by atoms with Crippen LogP contribution in [-0.2, 0) is 5.41 Å². The molecule has 0 amide bonds. The Labute approximate surface area is 82.5 Å². The molecule has 1 aromatic heterocycles. The van der Waals surface area contributed by atoms with Crippen molar-refractivity contribution in [3.05, 3.63) is 16.5 Å². The topological polar surface area (TPSA) is 26.0 Å². The Balaban J connectivity index is 3.08. The smallest absolute Gasteiger partial charge is 0.0754 e. The zero-order valence-corrected chi connectivity index (χ0v) is 9.60. The molecule has 1 heterocycles. The van der Waals surface area contributed by atoms with Crippen molar-refractivity contribution in [1.82, 2.24) is 0 Å². The monoisotopic (exact) mass is 201 g/mol. The highest BCUT2D eigenvalue weighted by molar-refractivity contribution is 7.99. The average Bonchev–Trinajstić information content (AvgIpc) is 2.29. The van der Waals surface area contributed by atoms with Gasteiger partial charge in [-0.25, -0.2) is 0 Å². The van der Waals surface area contributed by atoms with E-state index in [0.29, 0.717) is 0 Å². The molecule has 1 rings (SSSR count). The van der Waals surface area contributed by atoms with E-state index in [1.807, 2.05) is 0 Å². The Morgan fingerprint density at radius 1 is 1.42 bits per heavy atom. The normalized spacial score (nSPS) is 12.1. The molecule has 0 aromatic carbocycles. The van der Waals surface area contributed by atoms with Gasteiger partial charge < -0.3 is 0 Å². The Bertz CT molecular complexity index is 271. The highest BCUT2D eigenvalue weighted by Gasteiger charge is 2.19. The first-order valence-corrected chi connectivity index (χ1v) is 5.62. The summed E-state index contributed by atoms with van der Waals surface area (Å²) in [5.41, 5.74) is 1.61. The van der Waals surface area contributed by atoms with Crippen molar-refractivity contribution >= 4 is 23.3 Å². The van der Waals surface area contributed by atoms with Crippen LogP contribution in [0.4, 0.5) is 0 Å². The van der Waals surface area contributed by atoms with Crippen molar-refractivity contribution in [1.29, 1.82) is 0 Å². The maximum absolute atomic E-state index is 5.50. The first kappa shape index (κ1) is 10.1. The first-order chi connectivity index (χ1) is 5.45. The minimum absolute atomic E-state index is 0.253. The fourth-order valence-corrected chi connectivity index (χ4v) is 2.91. The summed E-state index contributed by atoms with van der Waals surface area (Å²) in [7, 11) is 0. The summed E-state index contributed by atoms with van der Waals surface area (Å²) in [5.74, 6) is 0. The first-order valence-electron chi connectivity index (χ1n) is 3.93. The molecule has 0 saturated heterocycles. The summed E-state index contributed by atoms with van der Waals surface area (Å²) >= 11 is 3.14. The van der Waals surface area contributed by atoms with Crippen molar-refractivity contribution in [2.24, 2.45) is 5.14 Å². The van der Waals surface area contributed by atoms with Gasteiger partial charge in [0, 0.05) is 4.88 Å². The standard InChI is InChI=1S/C9H15NS2/c1-6-5-7(12-10)11-8(6)9(2,3)4/h5H,10H2,1-4H3. The number of rotatable bonds is 1. The second kappa shape index (κ2) is 3.40. The summed E-state index contributed by atoms with van der Waals surface area (Å²) in [4.78, 5) is 1.44. The van der Waals surface area contributed by atoms with E-state index in [0.717, 1.165) is 0 Å². The molecule has 0 spiro atoms. The fraction of sp³-hybridized carbons (Fsp3) is 0.556. The summed E-state index contributed by atoms with van der Waals surface area (Å²) in [6, 6.07) is 2.16. The Morgan fingerprint density at radius 3 is 2.25 bits per heavy atom. The molecule has 0 unspecified atom stereocenters. The lowest BCUT2D eigenvalue weighted by molar-refractivity contribution is 0.600. The van der Waals surface area contributed by atoms with Crippen LogP contribution in [-0.4, -0.2) is 0 Å². The third-order valence-electron chi connectivity index (χ3n) is 1.69. The van der Waals surface area contributed by atoms with E-state index in [-0.39, 0.29) is 5.41 Å². The molecule has 0 radical (unpaired) electrons. The molecule has 0 atom stereocenters. The van der Waals surface area contributed by atoms with E-state index in [2.05, 4.69) is 33.8 Å². The van der Waals surface area contributed by atoms with Crippen molar-refractivity contribution in [2.45, 2.75) is 37.3 Å². The predicted molar refractivity (Wildman–Crippen MR) is 57.8 cm³/mol. The fourth-order valence-electron chi connectivity index (χ4n) is 1.26. The summed E-state index contributed by atoms with van der Waals surface area (Å²) < 4.78 is 1.21. The van der Waals surface area contributed by atoms with Crippen LogP contribution >= 0.6 is 23.3 Å². The maximum Gasteiger partial charge on any atom is 0.0754 e. The van der Waals surface area contributed by atoms with Crippen molar-refractivity contribution in [3.8, 4) is 0 Å². The maximum atomic E-state index is 5.50. The SMILES string of the molecule is Cc1cc(SN)sc1C(C)(C)C. The van der Waals surface area contributed by atoms with Gasteiger partial charge in [-0.2, -0.15) is 0 Å². The third-order valence-corrected chi connectivity index (χ3v) is 4.04. The van der Waals surface area contributed by atoms with Crippen molar-refractivity contribution in [3.63, 3.8) is 0 Å². The van der Waals surface area contributed by atoms with Crippen LogP contribution in [0.1, 0.15) is 31.2 Å². The van der Waals surface area contributed by atoms with Crippen LogP contribution in [0.15, 0.2) is 10.3 Å². The molecular weight excluding hydrogens is 186 g/mol. The lowest BCUT2D eigenvalue weighted by Crippen LogP contribution is -2.09. The van der Waals surface area contributed by atoms with Gasteiger partial charge >= 0.3 is 0 Å². The highest BCUT2D eigenvalue weighted by Crippen LogP contribution is 2.35. The number of hydrogen-bond donors (Lipinski definition) is 1. The van der Waals surface area contributed by atoms with Gasteiger partial charge in [0.15, 0.2) is 0 Å². The van der Waals surface area contributed by atoms with Crippen molar-refractivity contribution in [2.75, 3.05) is 0 Å². The largest absolute Gasteiger partial charge is 0.273 e.